The van der Waals surface area contributed by atoms with Crippen molar-refractivity contribution in [2.24, 2.45) is 0 Å². The predicted molar refractivity (Wildman–Crippen MR) is 98.4 cm³/mol. The number of carbonyl (C=O) groups excluding carboxylic acids is 1. The van der Waals surface area contributed by atoms with Gasteiger partial charge in [0.2, 0.25) is 5.91 Å². The molecule has 3 rings (SSSR count). The monoisotopic (exact) mass is 368 g/mol. The van der Waals surface area contributed by atoms with Crippen molar-refractivity contribution in [3.8, 4) is 0 Å². The summed E-state index contributed by atoms with van der Waals surface area (Å²) in [5.74, 6) is 0.445. The fraction of sp³-hybridized carbons (Fsp3) is 0.588. The van der Waals surface area contributed by atoms with Crippen LogP contribution in [-0.2, 0) is 14.6 Å². The van der Waals surface area contributed by atoms with E-state index < -0.39 is 9.84 Å². The van der Waals surface area contributed by atoms with Crippen LogP contribution in [0.5, 0.6) is 0 Å². The number of fused-ring (bicyclic) bond motifs is 1. The molecule has 24 heavy (non-hydrogen) atoms. The van der Waals surface area contributed by atoms with Crippen LogP contribution >= 0.6 is 11.8 Å². The highest BCUT2D eigenvalue weighted by molar-refractivity contribution is 8.00. The van der Waals surface area contributed by atoms with Gasteiger partial charge in [0.15, 0.2) is 9.84 Å². The van der Waals surface area contributed by atoms with Crippen LogP contribution in [0, 0.1) is 0 Å². The van der Waals surface area contributed by atoms with E-state index in [2.05, 4.69) is 13.0 Å². The van der Waals surface area contributed by atoms with Crippen LogP contribution in [0.25, 0.3) is 0 Å². The highest BCUT2D eigenvalue weighted by Crippen LogP contribution is 2.37. The van der Waals surface area contributed by atoms with Gasteiger partial charge in [-0.1, -0.05) is 19.1 Å². The van der Waals surface area contributed by atoms with Gasteiger partial charge in [0, 0.05) is 22.7 Å². The van der Waals surface area contributed by atoms with Gasteiger partial charge in [0.1, 0.15) is 0 Å². The normalized spacial score (nSPS) is 26.2. The van der Waals surface area contributed by atoms with Crippen molar-refractivity contribution in [1.29, 1.82) is 0 Å². The zero-order valence-corrected chi connectivity index (χ0v) is 15.8. The zero-order valence-electron chi connectivity index (χ0n) is 14.1. The van der Waals surface area contributed by atoms with E-state index >= 15 is 0 Å². The number of sulfone groups is 1. The summed E-state index contributed by atoms with van der Waals surface area (Å²) in [5, 5.41) is 0.474. The summed E-state index contributed by atoms with van der Waals surface area (Å²) in [6.07, 6.45) is 1.57. The molecular weight excluding hydrogens is 344 g/mol. The molecule has 2 heterocycles. The molecule has 1 amide bonds. The second-order valence-corrected chi connectivity index (χ2v) is 10.4. The summed E-state index contributed by atoms with van der Waals surface area (Å²) in [5.41, 5.74) is 0.976. The first-order chi connectivity index (χ1) is 11.4. The van der Waals surface area contributed by atoms with E-state index in [1.54, 1.807) is 0 Å². The fourth-order valence-electron chi connectivity index (χ4n) is 3.30. The quantitative estimate of drug-likeness (QED) is 0.817. The van der Waals surface area contributed by atoms with Crippen molar-refractivity contribution < 1.29 is 13.2 Å². The molecule has 0 saturated carbocycles. The summed E-state index contributed by atoms with van der Waals surface area (Å²) < 4.78 is 23.3. The Bertz CT molecular complexity index is 720. The van der Waals surface area contributed by atoms with Gasteiger partial charge >= 0.3 is 0 Å². The summed E-state index contributed by atoms with van der Waals surface area (Å²) in [4.78, 5) is 17.8. The molecule has 132 valence electrons. The third-order valence-corrected chi connectivity index (χ3v) is 7.75. The smallest absolute Gasteiger partial charge is 0.241 e. The number of amides is 1. The van der Waals surface area contributed by atoms with Crippen molar-refractivity contribution in [1.82, 2.24) is 4.90 Å². The van der Waals surface area contributed by atoms with Gasteiger partial charge < -0.3 is 4.90 Å². The molecule has 0 N–H and O–H groups in total. The van der Waals surface area contributed by atoms with Gasteiger partial charge in [0.05, 0.1) is 23.7 Å². The number of likely N-dealkylation sites (N-methyl/N-ethyl adjacent to an activating group) is 1. The van der Waals surface area contributed by atoms with Crippen LogP contribution < -0.4 is 4.90 Å². The Hall–Kier alpha value is -1.05. The topological polar surface area (TPSA) is 57.7 Å². The van der Waals surface area contributed by atoms with Crippen LogP contribution in [0.2, 0.25) is 0 Å². The Kier molecular flexibility index (Phi) is 5.22. The molecule has 2 aliphatic rings. The first kappa shape index (κ1) is 17.8. The summed E-state index contributed by atoms with van der Waals surface area (Å²) >= 11 is 1.81. The Morgan fingerprint density at radius 2 is 2.08 bits per heavy atom. The van der Waals surface area contributed by atoms with Crippen molar-refractivity contribution in [2.75, 3.05) is 36.5 Å². The Balaban J connectivity index is 1.73. The molecule has 2 aliphatic heterocycles. The highest BCUT2D eigenvalue weighted by Gasteiger charge is 2.32. The van der Waals surface area contributed by atoms with Crippen molar-refractivity contribution in [3.05, 3.63) is 24.3 Å². The lowest BCUT2D eigenvalue weighted by molar-refractivity contribution is -0.119. The van der Waals surface area contributed by atoms with E-state index in [0.717, 1.165) is 17.0 Å². The maximum Gasteiger partial charge on any atom is 0.241 e. The number of carbonyl (C=O) groups is 1. The second kappa shape index (κ2) is 7.06. The molecule has 2 atom stereocenters. The minimum Gasteiger partial charge on any atom is -0.310 e. The molecule has 0 aliphatic carbocycles. The van der Waals surface area contributed by atoms with Crippen molar-refractivity contribution in [3.63, 3.8) is 0 Å². The zero-order chi connectivity index (χ0) is 17.3. The third kappa shape index (κ3) is 3.95. The average Bonchev–Trinajstić information content (AvgIpc) is 2.79. The molecule has 1 aromatic rings. The van der Waals surface area contributed by atoms with E-state index in [4.69, 9.17) is 0 Å². The van der Waals surface area contributed by atoms with Crippen LogP contribution in [0.3, 0.4) is 0 Å². The van der Waals surface area contributed by atoms with Gasteiger partial charge in [-0.25, -0.2) is 8.42 Å². The number of para-hydroxylation sites is 1. The maximum atomic E-state index is 12.9. The van der Waals surface area contributed by atoms with Gasteiger partial charge in [0.25, 0.3) is 0 Å². The van der Waals surface area contributed by atoms with Crippen LogP contribution in [0.4, 0.5) is 5.69 Å². The van der Waals surface area contributed by atoms with Crippen LogP contribution in [0.1, 0.15) is 19.8 Å². The number of hydrogen-bond donors (Lipinski definition) is 0. The first-order valence-electron chi connectivity index (χ1n) is 8.32. The molecule has 1 aromatic carbocycles. The number of thioether (sulfide) groups is 1. The number of rotatable bonds is 3. The minimum atomic E-state index is -2.93. The minimum absolute atomic E-state index is 0.0453. The summed E-state index contributed by atoms with van der Waals surface area (Å²) in [7, 11) is -1.08. The van der Waals surface area contributed by atoms with Gasteiger partial charge in [-0.05, 0) is 32.0 Å². The van der Waals surface area contributed by atoms with E-state index in [1.165, 1.54) is 0 Å². The lowest BCUT2D eigenvalue weighted by atomic mass is 10.2. The average molecular weight is 369 g/mol. The summed E-state index contributed by atoms with van der Waals surface area (Å²) in [6.45, 7) is 3.15. The van der Waals surface area contributed by atoms with E-state index in [1.807, 2.05) is 46.8 Å². The molecule has 0 spiro atoms. The molecular formula is C17H24N2O3S2. The molecule has 0 bridgehead atoms. The predicted octanol–water partition coefficient (Wildman–Crippen LogP) is 2.02. The molecule has 0 aromatic heterocycles. The van der Waals surface area contributed by atoms with E-state index in [-0.39, 0.29) is 30.0 Å². The van der Waals surface area contributed by atoms with Gasteiger partial charge in [-0.2, -0.15) is 0 Å². The Labute approximate surface area is 148 Å². The van der Waals surface area contributed by atoms with E-state index in [0.29, 0.717) is 18.2 Å². The lowest BCUT2D eigenvalue weighted by Crippen LogP contribution is -2.43. The Morgan fingerprint density at radius 1 is 1.33 bits per heavy atom. The first-order valence-corrected chi connectivity index (χ1v) is 11.0. The number of anilines is 1. The van der Waals surface area contributed by atoms with Gasteiger partial charge in [-0.3, -0.25) is 9.69 Å². The molecule has 1 saturated heterocycles. The summed E-state index contributed by atoms with van der Waals surface area (Å²) in [6, 6.07) is 7.98. The van der Waals surface area contributed by atoms with E-state index in [9.17, 15) is 13.2 Å². The second-order valence-electron chi connectivity index (χ2n) is 6.70. The Morgan fingerprint density at radius 3 is 2.79 bits per heavy atom. The number of hydrogen-bond acceptors (Lipinski definition) is 5. The molecule has 7 heteroatoms. The number of nitrogens with zero attached hydrogens (tertiary/aromatic N) is 2. The SMILES string of the molecule is C[C@@H]1CCN(C(=O)CN(C)[C@@H]2CCS(=O)(=O)C2)c2ccccc2S1. The lowest BCUT2D eigenvalue weighted by Gasteiger charge is -2.28. The highest BCUT2D eigenvalue weighted by atomic mass is 32.2. The molecule has 0 unspecified atom stereocenters. The van der Waals surface area contributed by atoms with Crippen molar-refractivity contribution >= 4 is 33.2 Å². The maximum absolute atomic E-state index is 12.9. The number of benzene rings is 1. The molecule has 0 radical (unpaired) electrons. The third-order valence-electron chi connectivity index (χ3n) is 4.76. The largest absolute Gasteiger partial charge is 0.310 e. The van der Waals surface area contributed by atoms with Crippen LogP contribution in [-0.4, -0.2) is 62.2 Å². The van der Waals surface area contributed by atoms with Gasteiger partial charge in [-0.15, -0.1) is 11.8 Å². The molecule has 1 fully saturated rings. The standard InChI is InChI=1S/C17H24N2O3S2/c1-13-7-9-19(15-5-3-4-6-16(15)23-13)17(20)11-18(2)14-8-10-24(21,22)12-14/h3-6,13-14H,7-12H2,1-2H3/t13-,14-/m1/s1. The van der Waals surface area contributed by atoms with Crippen LogP contribution in [0.15, 0.2) is 29.2 Å². The molecule has 5 nitrogen and oxygen atoms in total. The fourth-order valence-corrected chi connectivity index (χ4v) is 6.21. The van der Waals surface area contributed by atoms with Crippen molar-refractivity contribution in [2.45, 2.75) is 36.0 Å².